The van der Waals surface area contributed by atoms with Gasteiger partial charge in [0.2, 0.25) is 0 Å². The predicted octanol–water partition coefficient (Wildman–Crippen LogP) is 5.63. The number of ether oxygens (including phenoxy) is 1. The highest BCUT2D eigenvalue weighted by Gasteiger charge is 2.17. The molecule has 0 aromatic heterocycles. The topological polar surface area (TPSA) is 85.0 Å². The summed E-state index contributed by atoms with van der Waals surface area (Å²) in [4.78, 5) is 15.4. The van der Waals surface area contributed by atoms with E-state index in [2.05, 4.69) is 0 Å². The molecule has 0 atom stereocenters. The minimum Gasteiger partial charge on any atom is -0.507 e. The SMILES string of the molecule is COc1ccc2ccc(O)c(C(=Nc3cccc([N+](=O)[O-])c3)c3ccccc3)c2c1. The number of aliphatic imine (C=N–C) groups is 1. The van der Waals surface area contributed by atoms with E-state index in [0.717, 1.165) is 16.3 Å². The van der Waals surface area contributed by atoms with Crippen LogP contribution in [0.3, 0.4) is 0 Å². The number of aromatic hydroxyl groups is 1. The molecule has 0 spiro atoms. The first kappa shape index (κ1) is 19.1. The van der Waals surface area contributed by atoms with Crippen molar-refractivity contribution in [2.75, 3.05) is 7.11 Å². The summed E-state index contributed by atoms with van der Waals surface area (Å²) < 4.78 is 5.37. The maximum absolute atomic E-state index is 11.2. The van der Waals surface area contributed by atoms with Gasteiger partial charge in [0.05, 0.1) is 29.0 Å². The Kier molecular flexibility index (Phi) is 5.13. The molecule has 6 nitrogen and oxygen atoms in total. The zero-order chi connectivity index (χ0) is 21.1. The number of hydrogen-bond acceptors (Lipinski definition) is 5. The van der Waals surface area contributed by atoms with Gasteiger partial charge >= 0.3 is 0 Å². The summed E-state index contributed by atoms with van der Waals surface area (Å²) in [7, 11) is 1.58. The van der Waals surface area contributed by atoms with Crippen molar-refractivity contribution in [3.8, 4) is 11.5 Å². The summed E-state index contributed by atoms with van der Waals surface area (Å²) in [6, 6.07) is 24.6. The lowest BCUT2D eigenvalue weighted by molar-refractivity contribution is -0.384. The zero-order valence-electron chi connectivity index (χ0n) is 16.1. The second-order valence-electron chi connectivity index (χ2n) is 6.65. The Labute approximate surface area is 172 Å². The van der Waals surface area contributed by atoms with E-state index >= 15 is 0 Å². The lowest BCUT2D eigenvalue weighted by atomic mass is 9.95. The first-order valence-corrected chi connectivity index (χ1v) is 9.25. The van der Waals surface area contributed by atoms with E-state index in [1.807, 2.05) is 54.6 Å². The molecule has 6 heteroatoms. The summed E-state index contributed by atoms with van der Waals surface area (Å²) in [6.07, 6.45) is 0. The van der Waals surface area contributed by atoms with Gasteiger partial charge in [-0.1, -0.05) is 48.5 Å². The van der Waals surface area contributed by atoms with Crippen LogP contribution in [0.15, 0.2) is 89.9 Å². The van der Waals surface area contributed by atoms with Gasteiger partial charge < -0.3 is 9.84 Å². The number of hydrogen-bond donors (Lipinski definition) is 1. The van der Waals surface area contributed by atoms with Crippen LogP contribution in [0, 0.1) is 10.1 Å². The Balaban J connectivity index is 2.02. The zero-order valence-corrected chi connectivity index (χ0v) is 16.1. The van der Waals surface area contributed by atoms with Crippen LogP contribution < -0.4 is 4.74 Å². The molecule has 1 N–H and O–H groups in total. The van der Waals surface area contributed by atoms with Crippen LogP contribution in [0.4, 0.5) is 11.4 Å². The van der Waals surface area contributed by atoms with Gasteiger partial charge in [0.1, 0.15) is 11.5 Å². The number of nitro benzene ring substituents is 1. The van der Waals surface area contributed by atoms with Crippen molar-refractivity contribution in [1.29, 1.82) is 0 Å². The lowest BCUT2D eigenvalue weighted by Crippen LogP contribution is -2.05. The highest BCUT2D eigenvalue weighted by molar-refractivity contribution is 6.22. The van der Waals surface area contributed by atoms with Crippen LogP contribution in [-0.4, -0.2) is 22.9 Å². The molecule has 4 aromatic rings. The van der Waals surface area contributed by atoms with E-state index in [9.17, 15) is 15.2 Å². The smallest absolute Gasteiger partial charge is 0.271 e. The van der Waals surface area contributed by atoms with Crippen molar-refractivity contribution in [3.63, 3.8) is 0 Å². The number of methoxy groups -OCH3 is 1. The van der Waals surface area contributed by atoms with E-state index in [1.165, 1.54) is 12.1 Å². The molecule has 0 aliphatic heterocycles. The molecule has 0 radical (unpaired) electrons. The summed E-state index contributed by atoms with van der Waals surface area (Å²) in [5.41, 5.74) is 2.18. The molecule has 4 rings (SSSR count). The number of fused-ring (bicyclic) bond motifs is 1. The summed E-state index contributed by atoms with van der Waals surface area (Å²) in [5, 5.41) is 23.7. The third kappa shape index (κ3) is 3.71. The Morgan fingerprint density at radius 3 is 2.47 bits per heavy atom. The summed E-state index contributed by atoms with van der Waals surface area (Å²) in [5.74, 6) is 0.709. The van der Waals surface area contributed by atoms with E-state index in [4.69, 9.17) is 9.73 Å². The van der Waals surface area contributed by atoms with Crippen LogP contribution in [-0.2, 0) is 0 Å². The molecule has 0 heterocycles. The number of non-ortho nitro benzene ring substituents is 1. The third-order valence-electron chi connectivity index (χ3n) is 4.77. The van der Waals surface area contributed by atoms with Crippen molar-refractivity contribution in [2.45, 2.75) is 0 Å². The minimum atomic E-state index is -0.457. The molecular weight excluding hydrogens is 380 g/mol. The van der Waals surface area contributed by atoms with Gasteiger partial charge in [-0.05, 0) is 35.0 Å². The quantitative estimate of drug-likeness (QED) is 0.268. The Morgan fingerprint density at radius 1 is 0.967 bits per heavy atom. The van der Waals surface area contributed by atoms with Gasteiger partial charge in [-0.25, -0.2) is 4.99 Å². The third-order valence-corrected chi connectivity index (χ3v) is 4.77. The maximum atomic E-state index is 11.2. The lowest BCUT2D eigenvalue weighted by Gasteiger charge is -2.14. The monoisotopic (exact) mass is 398 g/mol. The largest absolute Gasteiger partial charge is 0.507 e. The van der Waals surface area contributed by atoms with Crippen LogP contribution >= 0.6 is 0 Å². The fourth-order valence-corrected chi connectivity index (χ4v) is 3.33. The number of rotatable bonds is 5. The summed E-state index contributed by atoms with van der Waals surface area (Å²) in [6.45, 7) is 0. The Hall–Kier alpha value is -4.19. The van der Waals surface area contributed by atoms with Gasteiger partial charge in [0.25, 0.3) is 5.69 Å². The van der Waals surface area contributed by atoms with Gasteiger partial charge in [0.15, 0.2) is 0 Å². The number of nitro groups is 1. The van der Waals surface area contributed by atoms with Crippen LogP contribution in [0.2, 0.25) is 0 Å². The normalized spacial score (nSPS) is 11.4. The number of phenols is 1. The van der Waals surface area contributed by atoms with Crippen molar-refractivity contribution >= 4 is 27.9 Å². The molecule has 0 bridgehead atoms. The van der Waals surface area contributed by atoms with Crippen LogP contribution in [0.5, 0.6) is 11.5 Å². The molecule has 0 amide bonds. The average Bonchev–Trinajstić information content (AvgIpc) is 2.78. The molecule has 0 aliphatic rings. The van der Waals surface area contributed by atoms with E-state index in [0.29, 0.717) is 22.7 Å². The first-order chi connectivity index (χ1) is 14.6. The van der Waals surface area contributed by atoms with Crippen LogP contribution in [0.1, 0.15) is 11.1 Å². The van der Waals surface area contributed by atoms with Crippen molar-refractivity contribution in [2.24, 2.45) is 4.99 Å². The van der Waals surface area contributed by atoms with Gasteiger partial charge in [-0.15, -0.1) is 0 Å². The second-order valence-corrected chi connectivity index (χ2v) is 6.65. The molecule has 0 fully saturated rings. The highest BCUT2D eigenvalue weighted by Crippen LogP contribution is 2.34. The highest BCUT2D eigenvalue weighted by atomic mass is 16.6. The van der Waals surface area contributed by atoms with Crippen molar-refractivity contribution < 1.29 is 14.8 Å². The van der Waals surface area contributed by atoms with Gasteiger partial charge in [0, 0.05) is 17.7 Å². The molecule has 148 valence electrons. The van der Waals surface area contributed by atoms with Gasteiger partial charge in [-0.2, -0.15) is 0 Å². The Morgan fingerprint density at radius 2 is 1.73 bits per heavy atom. The van der Waals surface area contributed by atoms with Crippen LogP contribution in [0.25, 0.3) is 10.8 Å². The van der Waals surface area contributed by atoms with Crippen molar-refractivity contribution in [1.82, 2.24) is 0 Å². The number of nitrogens with zero attached hydrogens (tertiary/aromatic N) is 2. The molecule has 0 saturated heterocycles. The van der Waals surface area contributed by atoms with E-state index in [-0.39, 0.29) is 11.4 Å². The maximum Gasteiger partial charge on any atom is 0.271 e. The fraction of sp³-hybridized carbons (Fsp3) is 0.0417. The molecule has 0 unspecified atom stereocenters. The Bertz CT molecular complexity index is 1270. The first-order valence-electron chi connectivity index (χ1n) is 9.25. The van der Waals surface area contributed by atoms with E-state index in [1.54, 1.807) is 25.3 Å². The fourth-order valence-electron chi connectivity index (χ4n) is 3.33. The standard InChI is InChI=1S/C24H18N2O4/c1-30-20-12-10-16-11-13-22(27)23(21(16)15-20)24(17-6-3-2-4-7-17)25-18-8-5-9-19(14-18)26(28)29/h2-15,27H,1H3. The molecule has 0 saturated carbocycles. The predicted molar refractivity (Wildman–Crippen MR) is 117 cm³/mol. The molecule has 4 aromatic carbocycles. The average molecular weight is 398 g/mol. The molecule has 0 aliphatic carbocycles. The second kappa shape index (κ2) is 8.05. The summed E-state index contributed by atoms with van der Waals surface area (Å²) >= 11 is 0. The molecular formula is C24H18N2O4. The van der Waals surface area contributed by atoms with Crippen molar-refractivity contribution in [3.05, 3.63) is 106 Å². The number of benzene rings is 4. The minimum absolute atomic E-state index is 0.0486. The molecule has 30 heavy (non-hydrogen) atoms. The van der Waals surface area contributed by atoms with E-state index < -0.39 is 4.92 Å². The van der Waals surface area contributed by atoms with Gasteiger partial charge in [-0.3, -0.25) is 10.1 Å². The number of phenolic OH excluding ortho intramolecular Hbond substituents is 1.